The lowest BCUT2D eigenvalue weighted by Crippen LogP contribution is -2.47. The topological polar surface area (TPSA) is 84.2 Å². The minimum absolute atomic E-state index is 0.0358. The van der Waals surface area contributed by atoms with Crippen molar-refractivity contribution in [3.63, 3.8) is 0 Å². The SMILES string of the molecule is CC(C)[C@H](N)C(=O)NCC(=O)N[C@H](C)c1cccc(Br)c1. The molecule has 0 bridgehead atoms. The van der Waals surface area contributed by atoms with Gasteiger partial charge < -0.3 is 16.4 Å². The molecule has 6 heteroatoms. The molecule has 0 aliphatic rings. The second-order valence-electron chi connectivity index (χ2n) is 5.33. The number of nitrogens with one attached hydrogen (secondary N) is 2. The Kier molecular flexibility index (Phi) is 6.84. The van der Waals surface area contributed by atoms with E-state index in [1.165, 1.54) is 0 Å². The Labute approximate surface area is 133 Å². The van der Waals surface area contributed by atoms with Gasteiger partial charge in [0.1, 0.15) is 0 Å². The molecular weight excluding hydrogens is 334 g/mol. The highest BCUT2D eigenvalue weighted by Crippen LogP contribution is 2.17. The van der Waals surface area contributed by atoms with Crippen molar-refractivity contribution in [2.45, 2.75) is 32.9 Å². The van der Waals surface area contributed by atoms with Gasteiger partial charge in [0.2, 0.25) is 11.8 Å². The van der Waals surface area contributed by atoms with Crippen LogP contribution in [0.4, 0.5) is 0 Å². The molecule has 0 heterocycles. The third-order valence-corrected chi connectivity index (χ3v) is 3.66. The molecule has 0 aromatic heterocycles. The van der Waals surface area contributed by atoms with Gasteiger partial charge in [0.15, 0.2) is 0 Å². The van der Waals surface area contributed by atoms with Gasteiger partial charge in [-0.1, -0.05) is 41.9 Å². The van der Waals surface area contributed by atoms with Crippen LogP contribution in [-0.4, -0.2) is 24.4 Å². The van der Waals surface area contributed by atoms with Crippen molar-refractivity contribution >= 4 is 27.7 Å². The van der Waals surface area contributed by atoms with Gasteiger partial charge >= 0.3 is 0 Å². The number of benzene rings is 1. The van der Waals surface area contributed by atoms with Crippen molar-refractivity contribution in [2.75, 3.05) is 6.54 Å². The molecule has 1 aromatic rings. The standard InChI is InChI=1S/C15H22BrN3O2/c1-9(2)14(17)15(21)18-8-13(20)19-10(3)11-5-4-6-12(16)7-11/h4-7,9-10,14H,8,17H2,1-3H3,(H,18,21)(H,19,20)/t10-,14+/m1/s1. The highest BCUT2D eigenvalue weighted by atomic mass is 79.9. The van der Waals surface area contributed by atoms with Crippen LogP contribution in [-0.2, 0) is 9.59 Å². The van der Waals surface area contributed by atoms with Gasteiger partial charge in [-0.15, -0.1) is 0 Å². The first kappa shape index (κ1) is 17.7. The Balaban J connectivity index is 2.45. The summed E-state index contributed by atoms with van der Waals surface area (Å²) in [7, 11) is 0. The van der Waals surface area contributed by atoms with Crippen LogP contribution in [0.3, 0.4) is 0 Å². The van der Waals surface area contributed by atoms with Gasteiger partial charge in [0.05, 0.1) is 18.6 Å². The highest BCUT2D eigenvalue weighted by Gasteiger charge is 2.18. The molecule has 2 amide bonds. The normalized spacial score (nSPS) is 13.6. The molecule has 5 nitrogen and oxygen atoms in total. The van der Waals surface area contributed by atoms with Crippen LogP contribution >= 0.6 is 15.9 Å². The molecule has 21 heavy (non-hydrogen) atoms. The maximum atomic E-state index is 11.8. The van der Waals surface area contributed by atoms with Crippen molar-refractivity contribution in [3.05, 3.63) is 34.3 Å². The van der Waals surface area contributed by atoms with Gasteiger partial charge in [-0.25, -0.2) is 0 Å². The van der Waals surface area contributed by atoms with Crippen molar-refractivity contribution in [1.82, 2.24) is 10.6 Å². The summed E-state index contributed by atoms with van der Waals surface area (Å²) >= 11 is 3.39. The largest absolute Gasteiger partial charge is 0.348 e. The van der Waals surface area contributed by atoms with E-state index in [1.54, 1.807) is 0 Å². The number of rotatable bonds is 6. The fraction of sp³-hybridized carbons (Fsp3) is 0.467. The van der Waals surface area contributed by atoms with Crippen LogP contribution < -0.4 is 16.4 Å². The summed E-state index contributed by atoms with van der Waals surface area (Å²) < 4.78 is 0.956. The van der Waals surface area contributed by atoms with Crippen LogP contribution in [0.2, 0.25) is 0 Å². The molecule has 0 saturated carbocycles. The number of hydrogen-bond acceptors (Lipinski definition) is 3. The molecule has 2 atom stereocenters. The fourth-order valence-corrected chi connectivity index (χ4v) is 2.16. The lowest BCUT2D eigenvalue weighted by atomic mass is 10.1. The zero-order valence-corrected chi connectivity index (χ0v) is 14.1. The zero-order valence-electron chi connectivity index (χ0n) is 12.5. The first-order valence-corrected chi connectivity index (χ1v) is 7.68. The summed E-state index contributed by atoms with van der Waals surface area (Å²) in [6.07, 6.45) is 0. The molecule has 0 aliphatic heterocycles. The summed E-state index contributed by atoms with van der Waals surface area (Å²) in [6, 6.07) is 6.98. The van der Waals surface area contributed by atoms with Crippen LogP contribution in [0.15, 0.2) is 28.7 Å². The number of carbonyl (C=O) groups excluding carboxylic acids is 2. The minimum Gasteiger partial charge on any atom is -0.348 e. The average molecular weight is 356 g/mol. The Morgan fingerprint density at radius 1 is 1.29 bits per heavy atom. The van der Waals surface area contributed by atoms with Gasteiger partial charge in [0.25, 0.3) is 0 Å². The molecule has 0 spiro atoms. The zero-order chi connectivity index (χ0) is 16.0. The molecule has 1 aromatic carbocycles. The molecule has 0 unspecified atom stereocenters. The Hall–Kier alpha value is -1.40. The molecular formula is C15H22BrN3O2. The van der Waals surface area contributed by atoms with E-state index in [9.17, 15) is 9.59 Å². The van der Waals surface area contributed by atoms with E-state index < -0.39 is 6.04 Å². The van der Waals surface area contributed by atoms with Gasteiger partial charge in [-0.2, -0.15) is 0 Å². The molecule has 0 aliphatic carbocycles. The van der Waals surface area contributed by atoms with Crippen molar-refractivity contribution in [2.24, 2.45) is 11.7 Å². The van der Waals surface area contributed by atoms with Gasteiger partial charge in [-0.3, -0.25) is 9.59 Å². The first-order valence-electron chi connectivity index (χ1n) is 6.89. The summed E-state index contributed by atoms with van der Waals surface area (Å²) in [6.45, 7) is 5.54. The van der Waals surface area contributed by atoms with E-state index in [1.807, 2.05) is 45.0 Å². The average Bonchev–Trinajstić information content (AvgIpc) is 2.43. The highest BCUT2D eigenvalue weighted by molar-refractivity contribution is 9.10. The maximum absolute atomic E-state index is 11.8. The van der Waals surface area contributed by atoms with E-state index >= 15 is 0 Å². The minimum atomic E-state index is -0.597. The predicted molar refractivity (Wildman–Crippen MR) is 86.5 cm³/mol. The molecule has 116 valence electrons. The van der Waals surface area contributed by atoms with E-state index in [0.29, 0.717) is 0 Å². The van der Waals surface area contributed by atoms with Crippen molar-refractivity contribution in [1.29, 1.82) is 0 Å². The second-order valence-corrected chi connectivity index (χ2v) is 6.25. The molecule has 0 saturated heterocycles. The number of carbonyl (C=O) groups is 2. The number of halogens is 1. The fourth-order valence-electron chi connectivity index (χ4n) is 1.74. The van der Waals surface area contributed by atoms with Gasteiger partial charge in [0, 0.05) is 4.47 Å². The molecule has 1 rings (SSSR count). The van der Waals surface area contributed by atoms with Crippen molar-refractivity contribution < 1.29 is 9.59 Å². The smallest absolute Gasteiger partial charge is 0.239 e. The molecule has 0 radical (unpaired) electrons. The lowest BCUT2D eigenvalue weighted by Gasteiger charge is -2.17. The summed E-state index contributed by atoms with van der Waals surface area (Å²) in [4.78, 5) is 23.5. The van der Waals surface area contributed by atoms with Crippen LogP contribution in [0.25, 0.3) is 0 Å². The van der Waals surface area contributed by atoms with E-state index in [-0.39, 0.29) is 30.3 Å². The lowest BCUT2D eigenvalue weighted by molar-refractivity contribution is -0.127. The number of hydrogen-bond donors (Lipinski definition) is 3. The summed E-state index contributed by atoms with van der Waals surface area (Å²) in [5, 5.41) is 5.38. The third-order valence-electron chi connectivity index (χ3n) is 3.17. The molecule has 4 N–H and O–H groups in total. The first-order chi connectivity index (χ1) is 9.81. The van der Waals surface area contributed by atoms with E-state index in [0.717, 1.165) is 10.0 Å². The molecule has 0 fully saturated rings. The van der Waals surface area contributed by atoms with Crippen LogP contribution in [0.1, 0.15) is 32.4 Å². The Morgan fingerprint density at radius 3 is 2.52 bits per heavy atom. The van der Waals surface area contributed by atoms with Crippen molar-refractivity contribution in [3.8, 4) is 0 Å². The summed E-state index contributed by atoms with van der Waals surface area (Å²) in [5.41, 5.74) is 6.70. The maximum Gasteiger partial charge on any atom is 0.239 e. The quantitative estimate of drug-likeness (QED) is 0.726. The predicted octanol–water partition coefficient (Wildman–Crippen LogP) is 1.73. The second kappa shape index (κ2) is 8.14. The van der Waals surface area contributed by atoms with Crippen LogP contribution in [0.5, 0.6) is 0 Å². The van der Waals surface area contributed by atoms with E-state index in [4.69, 9.17) is 5.73 Å². The summed E-state index contributed by atoms with van der Waals surface area (Å²) in [5.74, 6) is -0.518. The third kappa shape index (κ3) is 5.85. The van der Waals surface area contributed by atoms with Gasteiger partial charge in [-0.05, 0) is 30.5 Å². The van der Waals surface area contributed by atoms with Crippen LogP contribution in [0, 0.1) is 5.92 Å². The Bertz CT molecular complexity index is 505. The number of amides is 2. The monoisotopic (exact) mass is 355 g/mol. The van der Waals surface area contributed by atoms with E-state index in [2.05, 4.69) is 26.6 Å². The number of nitrogens with two attached hydrogens (primary N) is 1. The Morgan fingerprint density at radius 2 is 1.95 bits per heavy atom.